The smallest absolute Gasteiger partial charge is 0.0589 e. The van der Waals surface area contributed by atoms with Gasteiger partial charge in [0.2, 0.25) is 0 Å². The minimum absolute atomic E-state index is 0.746. The van der Waals surface area contributed by atoms with Gasteiger partial charge in [0.1, 0.15) is 0 Å². The molecule has 3 nitrogen and oxygen atoms in total. The molecule has 1 saturated heterocycles. The van der Waals surface area contributed by atoms with Crippen molar-refractivity contribution in [2.75, 3.05) is 51.9 Å². The van der Waals surface area contributed by atoms with Crippen LogP contribution in [0.3, 0.4) is 0 Å². The summed E-state index contributed by atoms with van der Waals surface area (Å²) in [6.45, 7) is 5.56. The van der Waals surface area contributed by atoms with Crippen LogP contribution in [0.15, 0.2) is 0 Å². The Kier molecular flexibility index (Phi) is 7.44. The van der Waals surface area contributed by atoms with Gasteiger partial charge in [-0.05, 0) is 32.2 Å². The van der Waals surface area contributed by atoms with Crippen molar-refractivity contribution in [2.45, 2.75) is 18.9 Å². The second-order valence-electron chi connectivity index (χ2n) is 4.06. The monoisotopic (exact) mass is 232 g/mol. The predicted octanol–water partition coefficient (Wildman–Crippen LogP) is 1.05. The average molecular weight is 232 g/mol. The minimum Gasteiger partial charge on any atom is -0.383 e. The number of nitrogens with one attached hydrogen (secondary N) is 1. The van der Waals surface area contributed by atoms with E-state index in [9.17, 15) is 0 Å². The van der Waals surface area contributed by atoms with E-state index in [0.29, 0.717) is 0 Å². The van der Waals surface area contributed by atoms with Gasteiger partial charge in [-0.2, -0.15) is 11.8 Å². The van der Waals surface area contributed by atoms with Crippen molar-refractivity contribution in [3.05, 3.63) is 0 Å². The predicted molar refractivity (Wildman–Crippen MR) is 67.7 cm³/mol. The van der Waals surface area contributed by atoms with Crippen molar-refractivity contribution < 1.29 is 4.74 Å². The Hall–Kier alpha value is 0.230. The lowest BCUT2D eigenvalue weighted by Gasteiger charge is -2.32. The van der Waals surface area contributed by atoms with Crippen molar-refractivity contribution in [3.63, 3.8) is 0 Å². The number of piperidine rings is 1. The standard InChI is InChI=1S/C11H24N2OS/c1-14-9-8-13-6-3-11(4-7-13)12-5-10-15-2/h11-12H,3-10H2,1-2H3. The molecule has 0 radical (unpaired) electrons. The van der Waals surface area contributed by atoms with Gasteiger partial charge in [0.15, 0.2) is 0 Å². The Labute approximate surface area is 97.9 Å². The van der Waals surface area contributed by atoms with Crippen LogP contribution in [0, 0.1) is 0 Å². The van der Waals surface area contributed by atoms with Crippen molar-refractivity contribution in [2.24, 2.45) is 0 Å². The molecular formula is C11H24N2OS. The first kappa shape index (κ1) is 13.3. The Morgan fingerprint density at radius 1 is 1.40 bits per heavy atom. The summed E-state index contributed by atoms with van der Waals surface area (Å²) in [7, 11) is 1.77. The number of methoxy groups -OCH3 is 1. The summed E-state index contributed by atoms with van der Waals surface area (Å²) in [6, 6.07) is 0.746. The highest BCUT2D eigenvalue weighted by Crippen LogP contribution is 2.09. The van der Waals surface area contributed by atoms with Crippen LogP contribution in [0.4, 0.5) is 0 Å². The Morgan fingerprint density at radius 2 is 2.13 bits per heavy atom. The van der Waals surface area contributed by atoms with Crippen LogP contribution in [-0.2, 0) is 4.74 Å². The van der Waals surface area contributed by atoms with E-state index >= 15 is 0 Å². The highest BCUT2D eigenvalue weighted by Gasteiger charge is 2.17. The Morgan fingerprint density at radius 3 is 2.73 bits per heavy atom. The Bertz CT molecular complexity index is 150. The van der Waals surface area contributed by atoms with E-state index in [0.717, 1.165) is 25.7 Å². The van der Waals surface area contributed by atoms with Gasteiger partial charge < -0.3 is 15.0 Å². The lowest BCUT2D eigenvalue weighted by Crippen LogP contribution is -2.44. The van der Waals surface area contributed by atoms with Gasteiger partial charge in [-0.3, -0.25) is 0 Å². The molecule has 1 aliphatic heterocycles. The zero-order valence-electron chi connectivity index (χ0n) is 10.00. The van der Waals surface area contributed by atoms with Gasteiger partial charge in [0, 0.05) is 32.0 Å². The summed E-state index contributed by atoms with van der Waals surface area (Å²) in [5, 5.41) is 3.62. The molecular weight excluding hydrogens is 208 g/mol. The van der Waals surface area contributed by atoms with E-state index in [1.807, 2.05) is 11.8 Å². The molecule has 4 heteroatoms. The first-order chi connectivity index (χ1) is 7.36. The van der Waals surface area contributed by atoms with Crippen LogP contribution in [0.5, 0.6) is 0 Å². The second kappa shape index (κ2) is 8.39. The fourth-order valence-corrected chi connectivity index (χ4v) is 2.27. The number of likely N-dealkylation sites (tertiary alicyclic amines) is 1. The number of ether oxygens (including phenoxy) is 1. The summed E-state index contributed by atoms with van der Waals surface area (Å²) in [6.07, 6.45) is 4.74. The summed E-state index contributed by atoms with van der Waals surface area (Å²) < 4.78 is 5.09. The first-order valence-corrected chi connectivity index (χ1v) is 7.20. The largest absolute Gasteiger partial charge is 0.383 e. The molecule has 0 atom stereocenters. The molecule has 0 aromatic rings. The zero-order chi connectivity index (χ0) is 10.9. The molecule has 1 rings (SSSR count). The average Bonchev–Trinajstić information content (AvgIpc) is 2.28. The second-order valence-corrected chi connectivity index (χ2v) is 5.04. The van der Waals surface area contributed by atoms with Crippen LogP contribution in [0.1, 0.15) is 12.8 Å². The van der Waals surface area contributed by atoms with Crippen LogP contribution in [0.25, 0.3) is 0 Å². The maximum Gasteiger partial charge on any atom is 0.0589 e. The molecule has 0 spiro atoms. The maximum absolute atomic E-state index is 5.09. The van der Waals surface area contributed by atoms with Crippen molar-refractivity contribution in [1.82, 2.24) is 10.2 Å². The molecule has 1 fully saturated rings. The quantitative estimate of drug-likeness (QED) is 0.663. The van der Waals surface area contributed by atoms with Gasteiger partial charge >= 0.3 is 0 Å². The van der Waals surface area contributed by atoms with E-state index in [-0.39, 0.29) is 0 Å². The Balaban J connectivity index is 2.02. The number of hydrogen-bond donors (Lipinski definition) is 1. The first-order valence-electron chi connectivity index (χ1n) is 5.80. The lowest BCUT2D eigenvalue weighted by molar-refractivity contribution is 0.126. The van der Waals surface area contributed by atoms with Gasteiger partial charge in [0.05, 0.1) is 6.61 Å². The summed E-state index contributed by atoms with van der Waals surface area (Å²) in [5.41, 5.74) is 0. The van der Waals surface area contributed by atoms with Gasteiger partial charge in [-0.15, -0.1) is 0 Å². The topological polar surface area (TPSA) is 24.5 Å². The number of nitrogens with zero attached hydrogens (tertiary/aromatic N) is 1. The molecule has 0 saturated carbocycles. The minimum atomic E-state index is 0.746. The SMILES string of the molecule is COCCN1CCC(NCCSC)CC1. The number of hydrogen-bond acceptors (Lipinski definition) is 4. The molecule has 0 aromatic carbocycles. The summed E-state index contributed by atoms with van der Waals surface area (Å²) in [4.78, 5) is 2.50. The van der Waals surface area contributed by atoms with Crippen LogP contribution < -0.4 is 5.32 Å². The van der Waals surface area contributed by atoms with Crippen molar-refractivity contribution in [3.8, 4) is 0 Å². The molecule has 1 aliphatic rings. The van der Waals surface area contributed by atoms with E-state index < -0.39 is 0 Å². The maximum atomic E-state index is 5.09. The van der Waals surface area contributed by atoms with Gasteiger partial charge in [-0.1, -0.05) is 0 Å². The molecule has 0 bridgehead atoms. The van der Waals surface area contributed by atoms with Crippen LogP contribution in [-0.4, -0.2) is 62.8 Å². The van der Waals surface area contributed by atoms with E-state index in [4.69, 9.17) is 4.74 Å². The van der Waals surface area contributed by atoms with Crippen LogP contribution >= 0.6 is 11.8 Å². The molecule has 1 N–H and O–H groups in total. The molecule has 0 aromatic heterocycles. The number of thioether (sulfide) groups is 1. The third-order valence-corrected chi connectivity index (χ3v) is 3.55. The third kappa shape index (κ3) is 5.76. The normalized spacial score (nSPS) is 19.6. The molecule has 15 heavy (non-hydrogen) atoms. The van der Waals surface area contributed by atoms with Crippen LogP contribution in [0.2, 0.25) is 0 Å². The van der Waals surface area contributed by atoms with Crippen molar-refractivity contribution in [1.29, 1.82) is 0 Å². The highest BCUT2D eigenvalue weighted by molar-refractivity contribution is 7.98. The van der Waals surface area contributed by atoms with E-state index in [1.165, 1.54) is 31.7 Å². The van der Waals surface area contributed by atoms with Gasteiger partial charge in [-0.25, -0.2) is 0 Å². The van der Waals surface area contributed by atoms with Crippen molar-refractivity contribution >= 4 is 11.8 Å². The zero-order valence-corrected chi connectivity index (χ0v) is 10.8. The fraction of sp³-hybridized carbons (Fsp3) is 1.00. The molecule has 0 aliphatic carbocycles. The van der Waals surface area contributed by atoms with Gasteiger partial charge in [0.25, 0.3) is 0 Å². The molecule has 0 amide bonds. The third-order valence-electron chi connectivity index (χ3n) is 2.94. The number of rotatable bonds is 7. The molecule has 0 unspecified atom stereocenters. The highest BCUT2D eigenvalue weighted by atomic mass is 32.2. The molecule has 1 heterocycles. The fourth-order valence-electron chi connectivity index (χ4n) is 1.95. The summed E-state index contributed by atoms with van der Waals surface area (Å²) >= 11 is 1.91. The lowest BCUT2D eigenvalue weighted by atomic mass is 10.1. The molecule has 90 valence electrons. The van der Waals surface area contributed by atoms with E-state index in [2.05, 4.69) is 16.5 Å². The summed E-state index contributed by atoms with van der Waals surface area (Å²) in [5.74, 6) is 1.23. The van der Waals surface area contributed by atoms with E-state index in [1.54, 1.807) is 7.11 Å².